The minimum absolute atomic E-state index is 0.0175. The van der Waals surface area contributed by atoms with Gasteiger partial charge in [0, 0.05) is 30.7 Å². The van der Waals surface area contributed by atoms with Crippen molar-refractivity contribution < 1.29 is 5.11 Å². The highest BCUT2D eigenvalue weighted by Gasteiger charge is 2.40. The van der Waals surface area contributed by atoms with Gasteiger partial charge in [-0.1, -0.05) is 6.07 Å². The van der Waals surface area contributed by atoms with E-state index < -0.39 is 0 Å². The van der Waals surface area contributed by atoms with E-state index in [1.54, 1.807) is 6.20 Å². The SMILES string of the molecule is CCn1c(C)cc([C@@H]2[C@H](c3ccccn3)NC(=S)N2CCO)c1C. The average Bonchev–Trinajstić information content (AvgIpc) is 3.05. The first-order valence-corrected chi connectivity index (χ1v) is 8.74. The second-order valence-electron chi connectivity index (χ2n) is 6.11. The van der Waals surface area contributed by atoms with Crippen LogP contribution in [0.2, 0.25) is 0 Å². The molecule has 0 radical (unpaired) electrons. The molecule has 0 bridgehead atoms. The molecule has 1 saturated heterocycles. The molecule has 128 valence electrons. The first-order valence-electron chi connectivity index (χ1n) is 8.34. The van der Waals surface area contributed by atoms with Gasteiger partial charge >= 0.3 is 0 Å². The second-order valence-corrected chi connectivity index (χ2v) is 6.50. The Kier molecular flexibility index (Phi) is 4.87. The fourth-order valence-corrected chi connectivity index (χ4v) is 4.04. The number of nitrogens with one attached hydrogen (secondary N) is 1. The van der Waals surface area contributed by atoms with Crippen molar-refractivity contribution in [2.75, 3.05) is 13.2 Å². The molecule has 0 amide bonds. The molecule has 0 aliphatic carbocycles. The van der Waals surface area contributed by atoms with Crippen molar-refractivity contribution in [1.82, 2.24) is 19.8 Å². The summed E-state index contributed by atoms with van der Waals surface area (Å²) >= 11 is 5.54. The normalized spacial score (nSPS) is 20.5. The Morgan fingerprint density at radius 2 is 2.12 bits per heavy atom. The Morgan fingerprint density at radius 3 is 2.71 bits per heavy atom. The van der Waals surface area contributed by atoms with E-state index in [0.717, 1.165) is 12.2 Å². The number of rotatable bonds is 5. The van der Waals surface area contributed by atoms with Crippen LogP contribution in [0.1, 0.15) is 41.7 Å². The lowest BCUT2D eigenvalue weighted by Crippen LogP contribution is -2.32. The minimum Gasteiger partial charge on any atom is -0.395 e. The molecule has 3 rings (SSSR count). The third kappa shape index (κ3) is 2.80. The Bertz CT molecular complexity index is 728. The summed E-state index contributed by atoms with van der Waals surface area (Å²) in [7, 11) is 0. The summed E-state index contributed by atoms with van der Waals surface area (Å²) in [5, 5.41) is 13.6. The zero-order chi connectivity index (χ0) is 17.3. The molecule has 3 heterocycles. The minimum atomic E-state index is -0.0175. The van der Waals surface area contributed by atoms with Gasteiger partial charge in [-0.15, -0.1) is 0 Å². The number of hydrogen-bond acceptors (Lipinski definition) is 3. The smallest absolute Gasteiger partial charge is 0.170 e. The largest absolute Gasteiger partial charge is 0.395 e. The van der Waals surface area contributed by atoms with E-state index in [0.29, 0.717) is 11.7 Å². The Morgan fingerprint density at radius 1 is 1.33 bits per heavy atom. The van der Waals surface area contributed by atoms with E-state index in [-0.39, 0.29) is 18.7 Å². The maximum atomic E-state index is 9.49. The number of aliphatic hydroxyl groups excluding tert-OH is 1. The summed E-state index contributed by atoms with van der Waals surface area (Å²) in [6, 6.07) is 8.19. The molecule has 0 spiro atoms. The standard InChI is InChI=1S/C18H24N4OS/c1-4-21-12(2)11-14(13(21)3)17-16(15-7-5-6-8-19-15)20-18(24)22(17)9-10-23/h5-8,11,16-17,23H,4,9-10H2,1-3H3,(H,20,24)/t16-,17+/m0/s1. The van der Waals surface area contributed by atoms with E-state index in [9.17, 15) is 5.11 Å². The summed E-state index contributed by atoms with van der Waals surface area (Å²) in [6.07, 6.45) is 1.81. The van der Waals surface area contributed by atoms with Gasteiger partial charge in [0.1, 0.15) is 0 Å². The van der Waals surface area contributed by atoms with Gasteiger partial charge in [-0.2, -0.15) is 0 Å². The molecule has 2 N–H and O–H groups in total. The summed E-state index contributed by atoms with van der Waals surface area (Å²) in [5.41, 5.74) is 4.69. The number of pyridine rings is 1. The molecule has 0 unspecified atom stereocenters. The number of nitrogens with zero attached hydrogens (tertiary/aromatic N) is 3. The van der Waals surface area contributed by atoms with Crippen LogP contribution in [0.25, 0.3) is 0 Å². The number of aryl methyl sites for hydroxylation is 1. The van der Waals surface area contributed by atoms with Crippen molar-refractivity contribution >= 4 is 17.3 Å². The molecule has 2 aromatic heterocycles. The van der Waals surface area contributed by atoms with Gasteiger partial charge in [0.05, 0.1) is 24.4 Å². The monoisotopic (exact) mass is 344 g/mol. The topological polar surface area (TPSA) is 53.3 Å². The fraction of sp³-hybridized carbons (Fsp3) is 0.444. The third-order valence-corrected chi connectivity index (χ3v) is 5.14. The molecule has 1 fully saturated rings. The van der Waals surface area contributed by atoms with E-state index in [2.05, 4.69) is 46.6 Å². The summed E-state index contributed by atoms with van der Waals surface area (Å²) in [6.45, 7) is 7.96. The van der Waals surface area contributed by atoms with E-state index in [4.69, 9.17) is 12.2 Å². The highest BCUT2D eigenvalue weighted by molar-refractivity contribution is 7.80. The number of aliphatic hydroxyl groups is 1. The molecule has 6 heteroatoms. The van der Waals surface area contributed by atoms with Crippen LogP contribution in [0.5, 0.6) is 0 Å². The lowest BCUT2D eigenvalue weighted by atomic mass is 9.97. The zero-order valence-corrected chi connectivity index (χ0v) is 15.2. The number of aromatic nitrogens is 2. The number of thiocarbonyl (C=S) groups is 1. The Hall–Kier alpha value is -1.92. The van der Waals surface area contributed by atoms with Crippen LogP contribution in [0.15, 0.2) is 30.5 Å². The van der Waals surface area contributed by atoms with Gasteiger partial charge in [0.25, 0.3) is 0 Å². The average molecular weight is 344 g/mol. The van der Waals surface area contributed by atoms with E-state index in [1.165, 1.54) is 17.0 Å². The Balaban J connectivity index is 2.09. The molecule has 1 aliphatic heterocycles. The molecule has 5 nitrogen and oxygen atoms in total. The van der Waals surface area contributed by atoms with Crippen molar-refractivity contribution in [2.24, 2.45) is 0 Å². The second kappa shape index (κ2) is 6.91. The summed E-state index contributed by atoms with van der Waals surface area (Å²) in [4.78, 5) is 6.61. The number of β-amino-alcohol motifs (C(OH)–C–C–N with tert-alkyl or cyclic N) is 1. The predicted octanol–water partition coefficient (Wildman–Crippen LogP) is 2.48. The quantitative estimate of drug-likeness (QED) is 0.816. The first-order chi connectivity index (χ1) is 11.6. The van der Waals surface area contributed by atoms with E-state index >= 15 is 0 Å². The zero-order valence-electron chi connectivity index (χ0n) is 14.4. The maximum Gasteiger partial charge on any atom is 0.170 e. The van der Waals surface area contributed by atoms with Gasteiger partial charge in [-0.3, -0.25) is 4.98 Å². The fourth-order valence-electron chi connectivity index (χ4n) is 3.71. The van der Waals surface area contributed by atoms with Crippen LogP contribution < -0.4 is 5.32 Å². The molecule has 1 aliphatic rings. The lowest BCUT2D eigenvalue weighted by Gasteiger charge is -2.27. The van der Waals surface area contributed by atoms with Crippen molar-refractivity contribution in [3.8, 4) is 0 Å². The van der Waals surface area contributed by atoms with E-state index in [1.807, 2.05) is 18.2 Å². The maximum absolute atomic E-state index is 9.49. The van der Waals surface area contributed by atoms with Gasteiger partial charge in [-0.25, -0.2) is 0 Å². The highest BCUT2D eigenvalue weighted by atomic mass is 32.1. The third-order valence-electron chi connectivity index (χ3n) is 4.79. The van der Waals surface area contributed by atoms with Gasteiger partial charge in [-0.05, 0) is 56.8 Å². The highest BCUT2D eigenvalue weighted by Crippen LogP contribution is 2.40. The van der Waals surface area contributed by atoms with Crippen molar-refractivity contribution in [3.63, 3.8) is 0 Å². The summed E-state index contributed by atoms with van der Waals surface area (Å²) in [5.74, 6) is 0. The number of hydrogen-bond donors (Lipinski definition) is 2. The van der Waals surface area contributed by atoms with Gasteiger partial charge in [0.2, 0.25) is 0 Å². The molecule has 0 aromatic carbocycles. The summed E-state index contributed by atoms with van der Waals surface area (Å²) < 4.78 is 2.31. The molecule has 2 atom stereocenters. The predicted molar refractivity (Wildman–Crippen MR) is 98.8 cm³/mol. The van der Waals surface area contributed by atoms with Gasteiger partial charge < -0.3 is 19.9 Å². The van der Waals surface area contributed by atoms with Crippen LogP contribution in [-0.2, 0) is 6.54 Å². The molecular formula is C18H24N4OS. The molecule has 2 aromatic rings. The molecule has 24 heavy (non-hydrogen) atoms. The molecule has 0 saturated carbocycles. The van der Waals surface area contributed by atoms with Crippen LogP contribution in [-0.4, -0.2) is 37.8 Å². The van der Waals surface area contributed by atoms with Crippen LogP contribution in [0.3, 0.4) is 0 Å². The first kappa shape index (κ1) is 16.9. The van der Waals surface area contributed by atoms with Crippen LogP contribution in [0, 0.1) is 13.8 Å². The lowest BCUT2D eigenvalue weighted by molar-refractivity contribution is 0.222. The van der Waals surface area contributed by atoms with Crippen molar-refractivity contribution in [3.05, 3.63) is 53.1 Å². The van der Waals surface area contributed by atoms with Crippen molar-refractivity contribution in [1.29, 1.82) is 0 Å². The van der Waals surface area contributed by atoms with Crippen LogP contribution >= 0.6 is 12.2 Å². The Labute approximate surface area is 148 Å². The molecular weight excluding hydrogens is 320 g/mol. The van der Waals surface area contributed by atoms with Crippen molar-refractivity contribution in [2.45, 2.75) is 39.4 Å². The van der Waals surface area contributed by atoms with Crippen LogP contribution in [0.4, 0.5) is 0 Å². The van der Waals surface area contributed by atoms with Gasteiger partial charge in [0.15, 0.2) is 5.11 Å².